The molecule has 7 heteroatoms. The molecule has 0 bridgehead atoms. The number of thiocarbonyl (C=S) groups is 1. The highest BCUT2D eigenvalue weighted by Crippen LogP contribution is 2.29. The van der Waals surface area contributed by atoms with Gasteiger partial charge in [-0.3, -0.25) is 5.32 Å². The van der Waals surface area contributed by atoms with Crippen LogP contribution in [0, 0.1) is 5.41 Å². The summed E-state index contributed by atoms with van der Waals surface area (Å²) in [6.45, 7) is 2.15. The number of thioether (sulfide) groups is 1. The second kappa shape index (κ2) is 10.1. The molecule has 5 nitrogen and oxygen atoms in total. The van der Waals surface area contributed by atoms with E-state index < -0.39 is 6.09 Å². The third kappa shape index (κ3) is 5.71. The highest BCUT2D eigenvalue weighted by atomic mass is 32.2. The molecule has 3 N–H and O–H groups in total. The molecule has 1 atom stereocenters. The van der Waals surface area contributed by atoms with Gasteiger partial charge in [0.1, 0.15) is 0 Å². The normalized spacial score (nSPS) is 14.4. The highest BCUT2D eigenvalue weighted by molar-refractivity contribution is 7.99. The minimum atomic E-state index is -0.624. The number of allylic oxidation sites excluding steroid dienone is 3. The van der Waals surface area contributed by atoms with Crippen molar-refractivity contribution in [3.05, 3.63) is 53.6 Å². The average molecular weight is 390 g/mol. The lowest BCUT2D eigenvalue weighted by Gasteiger charge is -2.25. The maximum atomic E-state index is 11.4. The summed E-state index contributed by atoms with van der Waals surface area (Å²) in [5.41, 5.74) is 2.35. The Morgan fingerprint density at radius 3 is 2.96 bits per heavy atom. The van der Waals surface area contributed by atoms with Gasteiger partial charge in [-0.2, -0.15) is 0 Å². The minimum absolute atomic E-state index is 0.164. The van der Waals surface area contributed by atoms with Crippen LogP contribution < -0.4 is 10.6 Å². The van der Waals surface area contributed by atoms with E-state index in [-0.39, 0.29) is 11.2 Å². The number of benzene rings is 1. The van der Waals surface area contributed by atoms with E-state index in [1.165, 1.54) is 12.0 Å². The fourth-order valence-corrected chi connectivity index (χ4v) is 3.54. The van der Waals surface area contributed by atoms with Crippen molar-refractivity contribution >= 4 is 40.9 Å². The van der Waals surface area contributed by atoms with Crippen LogP contribution in [0.5, 0.6) is 0 Å². The average Bonchev–Trinajstić information content (AvgIpc) is 2.65. The zero-order valence-corrected chi connectivity index (χ0v) is 16.5. The summed E-state index contributed by atoms with van der Waals surface area (Å²) >= 11 is 7.03. The summed E-state index contributed by atoms with van der Waals surface area (Å²) in [6.07, 6.45) is 6.85. The van der Waals surface area contributed by atoms with E-state index in [0.29, 0.717) is 12.1 Å². The Kier molecular flexibility index (Phi) is 7.87. The van der Waals surface area contributed by atoms with Crippen molar-refractivity contribution in [1.82, 2.24) is 10.6 Å². The van der Waals surface area contributed by atoms with Crippen molar-refractivity contribution in [3.8, 4) is 0 Å². The Hall–Kier alpha value is -2.12. The Balaban J connectivity index is 2.30. The Morgan fingerprint density at radius 1 is 1.46 bits per heavy atom. The van der Waals surface area contributed by atoms with E-state index in [1.807, 2.05) is 30.4 Å². The van der Waals surface area contributed by atoms with Crippen LogP contribution in [0.15, 0.2) is 53.0 Å². The standard InChI is InChI=1S/C19H23N3O2S2/c1-3-11-26-14-8-6-7-13(12-14)17(15-9-4-5-10-16(15)20)21-18(25)22-19(23)24-2/h4-9,12,17,20H,3,10-11H2,1-2H3,(H2,21,22,23,25). The van der Waals surface area contributed by atoms with Gasteiger partial charge >= 0.3 is 6.09 Å². The van der Waals surface area contributed by atoms with Gasteiger partial charge in [0.15, 0.2) is 5.11 Å². The molecule has 0 spiro atoms. The van der Waals surface area contributed by atoms with Crippen LogP contribution in [0.1, 0.15) is 31.4 Å². The first-order chi connectivity index (χ1) is 12.5. The number of amides is 1. The zero-order chi connectivity index (χ0) is 18.9. The molecule has 26 heavy (non-hydrogen) atoms. The van der Waals surface area contributed by atoms with Gasteiger partial charge in [0.05, 0.1) is 13.2 Å². The third-order valence-electron chi connectivity index (χ3n) is 3.73. The molecule has 1 amide bonds. The van der Waals surface area contributed by atoms with Crippen LogP contribution >= 0.6 is 24.0 Å². The van der Waals surface area contributed by atoms with Crippen LogP contribution in [0.4, 0.5) is 4.79 Å². The third-order valence-corrected chi connectivity index (χ3v) is 5.15. The van der Waals surface area contributed by atoms with Crippen molar-refractivity contribution in [3.63, 3.8) is 0 Å². The van der Waals surface area contributed by atoms with E-state index in [0.717, 1.165) is 23.3 Å². The molecule has 2 rings (SSSR count). The number of alkyl carbamates (subject to hydrolysis) is 1. The first kappa shape index (κ1) is 20.2. The van der Waals surface area contributed by atoms with E-state index in [1.54, 1.807) is 11.8 Å². The maximum Gasteiger partial charge on any atom is 0.413 e. The second-order valence-electron chi connectivity index (χ2n) is 5.68. The number of ether oxygens (including phenoxy) is 1. The number of nitrogens with one attached hydrogen (secondary N) is 3. The number of hydrogen-bond acceptors (Lipinski definition) is 5. The molecule has 0 saturated carbocycles. The van der Waals surface area contributed by atoms with Crippen LogP contribution in [0.3, 0.4) is 0 Å². The lowest BCUT2D eigenvalue weighted by atomic mass is 9.91. The highest BCUT2D eigenvalue weighted by Gasteiger charge is 2.22. The molecule has 1 aliphatic rings. The smallest absolute Gasteiger partial charge is 0.413 e. The molecule has 0 aliphatic heterocycles. The summed E-state index contributed by atoms with van der Waals surface area (Å²) < 4.78 is 4.59. The van der Waals surface area contributed by atoms with Crippen LogP contribution in [0.25, 0.3) is 0 Å². The summed E-state index contributed by atoms with van der Waals surface area (Å²) in [5.74, 6) is 1.05. The second-order valence-corrected chi connectivity index (χ2v) is 7.25. The summed E-state index contributed by atoms with van der Waals surface area (Å²) in [5, 5.41) is 14.1. The quantitative estimate of drug-likeness (QED) is 0.498. The molecule has 0 heterocycles. The SMILES string of the molecule is CCCSc1cccc(C(NC(=S)NC(=O)OC)C2=CC=CCC2=N)c1. The lowest BCUT2D eigenvalue weighted by Crippen LogP contribution is -2.42. The van der Waals surface area contributed by atoms with Gasteiger partial charge in [-0.1, -0.05) is 37.3 Å². The first-order valence-corrected chi connectivity index (χ1v) is 9.77. The number of methoxy groups -OCH3 is 1. The number of hydrogen-bond donors (Lipinski definition) is 3. The molecule has 0 radical (unpaired) electrons. The van der Waals surface area contributed by atoms with Gasteiger partial charge in [0, 0.05) is 17.0 Å². The predicted octanol–water partition coefficient (Wildman–Crippen LogP) is 4.37. The molecular weight excluding hydrogens is 366 g/mol. The van der Waals surface area contributed by atoms with Crippen molar-refractivity contribution in [1.29, 1.82) is 5.41 Å². The molecule has 1 aromatic carbocycles. The van der Waals surface area contributed by atoms with E-state index >= 15 is 0 Å². The molecule has 138 valence electrons. The fourth-order valence-electron chi connectivity index (χ4n) is 2.50. The summed E-state index contributed by atoms with van der Waals surface area (Å²) in [4.78, 5) is 12.6. The first-order valence-electron chi connectivity index (χ1n) is 8.38. The molecule has 1 unspecified atom stereocenters. The van der Waals surface area contributed by atoms with E-state index in [9.17, 15) is 4.79 Å². The van der Waals surface area contributed by atoms with E-state index in [2.05, 4.69) is 34.4 Å². The molecule has 0 saturated heterocycles. The molecular formula is C19H23N3O2S2. The maximum absolute atomic E-state index is 11.4. The number of carbonyl (C=O) groups excluding carboxylic acids is 1. The van der Waals surface area contributed by atoms with Gasteiger partial charge in [-0.25, -0.2) is 4.79 Å². The van der Waals surface area contributed by atoms with Crippen molar-refractivity contribution < 1.29 is 9.53 Å². The van der Waals surface area contributed by atoms with Gasteiger partial charge in [0.2, 0.25) is 0 Å². The summed E-state index contributed by atoms with van der Waals surface area (Å²) in [7, 11) is 1.29. The van der Waals surface area contributed by atoms with Gasteiger partial charge in [0.25, 0.3) is 0 Å². The van der Waals surface area contributed by atoms with Crippen LogP contribution in [-0.4, -0.2) is 29.8 Å². The molecule has 0 fully saturated rings. The Morgan fingerprint density at radius 2 is 2.27 bits per heavy atom. The molecule has 1 aromatic rings. The van der Waals surface area contributed by atoms with Crippen molar-refractivity contribution in [2.45, 2.75) is 30.7 Å². The zero-order valence-electron chi connectivity index (χ0n) is 14.9. The van der Waals surface area contributed by atoms with Gasteiger partial charge < -0.3 is 15.5 Å². The number of rotatable bonds is 6. The Labute approximate surface area is 163 Å². The lowest BCUT2D eigenvalue weighted by molar-refractivity contribution is 0.176. The van der Waals surface area contributed by atoms with Gasteiger partial charge in [-0.15, -0.1) is 11.8 Å². The summed E-state index contributed by atoms with van der Waals surface area (Å²) in [6, 6.07) is 7.86. The topological polar surface area (TPSA) is 74.2 Å². The minimum Gasteiger partial charge on any atom is -0.453 e. The molecule has 0 aromatic heterocycles. The van der Waals surface area contributed by atoms with Gasteiger partial charge in [-0.05, 0) is 47.7 Å². The van der Waals surface area contributed by atoms with Crippen molar-refractivity contribution in [2.75, 3.05) is 12.9 Å². The predicted molar refractivity (Wildman–Crippen MR) is 111 cm³/mol. The van der Waals surface area contributed by atoms with Crippen molar-refractivity contribution in [2.24, 2.45) is 0 Å². The van der Waals surface area contributed by atoms with Crippen LogP contribution in [-0.2, 0) is 4.74 Å². The van der Waals surface area contributed by atoms with E-state index in [4.69, 9.17) is 17.6 Å². The monoisotopic (exact) mass is 389 g/mol. The number of carbonyl (C=O) groups is 1. The fraction of sp³-hybridized carbons (Fsp3) is 0.316. The van der Waals surface area contributed by atoms with Crippen LogP contribution in [0.2, 0.25) is 0 Å². The Bertz CT molecular complexity index is 744. The largest absolute Gasteiger partial charge is 0.453 e. The molecule has 1 aliphatic carbocycles.